The fourth-order valence-electron chi connectivity index (χ4n) is 3.02. The second-order valence-corrected chi connectivity index (χ2v) is 6.82. The Morgan fingerprint density at radius 1 is 0.750 bits per heavy atom. The molecule has 0 radical (unpaired) electrons. The summed E-state index contributed by atoms with van der Waals surface area (Å²) in [7, 11) is 0. The minimum absolute atomic E-state index is 0.0301. The second kappa shape index (κ2) is 8.97. The highest BCUT2D eigenvalue weighted by atomic mass is 16.6. The van der Waals surface area contributed by atoms with Crippen LogP contribution in [-0.2, 0) is 0 Å². The molecule has 2 amide bonds. The summed E-state index contributed by atoms with van der Waals surface area (Å²) in [5.74, 6) is -0.233. The van der Waals surface area contributed by atoms with Gasteiger partial charge in [-0.15, -0.1) is 0 Å². The molecule has 0 spiro atoms. The first-order valence-electron chi connectivity index (χ1n) is 9.62. The molecule has 8 nitrogen and oxygen atoms in total. The van der Waals surface area contributed by atoms with Crippen LogP contribution in [0.3, 0.4) is 0 Å². The number of benzene rings is 3. The Bertz CT molecular complexity index is 1280. The second-order valence-electron chi connectivity index (χ2n) is 6.82. The predicted molar refractivity (Wildman–Crippen MR) is 120 cm³/mol. The Morgan fingerprint density at radius 3 is 2.06 bits per heavy atom. The fraction of sp³-hybridized carbons (Fsp3) is 0. The van der Waals surface area contributed by atoms with Crippen LogP contribution in [0.5, 0.6) is 0 Å². The lowest BCUT2D eigenvalue weighted by Gasteiger charge is -2.08. The highest BCUT2D eigenvalue weighted by molar-refractivity contribution is 6.05. The third-order valence-corrected chi connectivity index (χ3v) is 4.61. The number of anilines is 2. The molecule has 0 aliphatic heterocycles. The molecular weight excluding hydrogens is 410 g/mol. The average molecular weight is 427 g/mol. The lowest BCUT2D eigenvalue weighted by atomic mass is 10.1. The third kappa shape index (κ3) is 4.71. The molecule has 0 saturated carbocycles. The molecule has 0 unspecified atom stereocenters. The van der Waals surface area contributed by atoms with Gasteiger partial charge < -0.3 is 15.1 Å². The van der Waals surface area contributed by atoms with E-state index in [0.29, 0.717) is 28.3 Å². The molecule has 0 atom stereocenters. The fourth-order valence-corrected chi connectivity index (χ4v) is 3.02. The summed E-state index contributed by atoms with van der Waals surface area (Å²) < 4.78 is 5.61. The van der Waals surface area contributed by atoms with Gasteiger partial charge in [0.2, 0.25) is 0 Å². The molecule has 4 rings (SSSR count). The molecule has 0 bridgehead atoms. The first-order chi connectivity index (χ1) is 15.5. The maximum Gasteiger partial charge on any atom is 0.291 e. The monoisotopic (exact) mass is 427 g/mol. The predicted octanol–water partition coefficient (Wildman–Crippen LogP) is 5.36. The summed E-state index contributed by atoms with van der Waals surface area (Å²) >= 11 is 0. The van der Waals surface area contributed by atoms with Crippen LogP contribution < -0.4 is 10.6 Å². The van der Waals surface area contributed by atoms with E-state index < -0.39 is 10.8 Å². The number of hydrogen-bond acceptors (Lipinski definition) is 5. The summed E-state index contributed by atoms with van der Waals surface area (Å²) in [6, 6.07) is 24.5. The van der Waals surface area contributed by atoms with Crippen LogP contribution in [0, 0.1) is 10.1 Å². The molecule has 32 heavy (non-hydrogen) atoms. The molecule has 8 heteroatoms. The van der Waals surface area contributed by atoms with E-state index in [2.05, 4.69) is 10.6 Å². The normalized spacial score (nSPS) is 10.4. The van der Waals surface area contributed by atoms with Crippen molar-refractivity contribution in [3.05, 3.63) is 112 Å². The van der Waals surface area contributed by atoms with E-state index in [1.54, 1.807) is 66.7 Å². The molecule has 0 aliphatic carbocycles. The van der Waals surface area contributed by atoms with Gasteiger partial charge in [-0.3, -0.25) is 19.7 Å². The van der Waals surface area contributed by atoms with Gasteiger partial charge in [-0.2, -0.15) is 0 Å². The lowest BCUT2D eigenvalue weighted by Crippen LogP contribution is -2.13. The maximum absolute atomic E-state index is 12.6. The zero-order chi connectivity index (χ0) is 22.5. The summed E-state index contributed by atoms with van der Waals surface area (Å²) in [5, 5.41) is 16.3. The van der Waals surface area contributed by atoms with E-state index >= 15 is 0 Å². The van der Waals surface area contributed by atoms with Crippen LogP contribution in [-0.4, -0.2) is 16.7 Å². The lowest BCUT2D eigenvalue weighted by molar-refractivity contribution is -0.384. The number of carbonyl (C=O) groups is 2. The van der Waals surface area contributed by atoms with Gasteiger partial charge >= 0.3 is 0 Å². The molecule has 0 fully saturated rings. The molecule has 0 aliphatic rings. The quantitative estimate of drug-likeness (QED) is 0.318. The minimum Gasteiger partial charge on any atom is -0.451 e. The molecule has 1 aromatic heterocycles. The van der Waals surface area contributed by atoms with Crippen molar-refractivity contribution >= 4 is 28.9 Å². The van der Waals surface area contributed by atoms with Crippen molar-refractivity contribution in [2.45, 2.75) is 0 Å². The number of non-ortho nitro benzene ring substituents is 1. The topological polar surface area (TPSA) is 114 Å². The summed E-state index contributed by atoms with van der Waals surface area (Å²) in [6.45, 7) is 0. The Balaban J connectivity index is 1.44. The Morgan fingerprint density at radius 2 is 1.41 bits per heavy atom. The number of nitro benzene ring substituents is 1. The first kappa shape index (κ1) is 20.5. The third-order valence-electron chi connectivity index (χ3n) is 4.61. The van der Waals surface area contributed by atoms with Crippen LogP contribution in [0.4, 0.5) is 17.1 Å². The van der Waals surface area contributed by atoms with Gasteiger partial charge in [-0.05, 0) is 54.6 Å². The zero-order valence-electron chi connectivity index (χ0n) is 16.6. The van der Waals surface area contributed by atoms with E-state index in [0.717, 1.165) is 0 Å². The van der Waals surface area contributed by atoms with E-state index in [1.165, 1.54) is 18.2 Å². The number of amides is 2. The minimum atomic E-state index is -0.485. The van der Waals surface area contributed by atoms with Crippen LogP contribution in [0.2, 0.25) is 0 Å². The van der Waals surface area contributed by atoms with Crippen molar-refractivity contribution in [3.8, 4) is 11.3 Å². The van der Waals surface area contributed by atoms with E-state index in [-0.39, 0.29) is 17.4 Å². The number of nitro groups is 1. The molecule has 4 aromatic rings. The molecule has 1 heterocycles. The molecule has 158 valence electrons. The average Bonchev–Trinajstić information content (AvgIpc) is 3.30. The number of furan rings is 1. The van der Waals surface area contributed by atoms with Crippen molar-refractivity contribution in [1.82, 2.24) is 0 Å². The first-order valence-corrected chi connectivity index (χ1v) is 9.62. The van der Waals surface area contributed by atoms with Crippen LogP contribution in [0.25, 0.3) is 11.3 Å². The molecular formula is C24H17N3O5. The maximum atomic E-state index is 12.6. The van der Waals surface area contributed by atoms with Crippen LogP contribution >= 0.6 is 0 Å². The van der Waals surface area contributed by atoms with Gasteiger partial charge in [0.05, 0.1) is 4.92 Å². The number of hydrogen-bond donors (Lipinski definition) is 2. The van der Waals surface area contributed by atoms with Gasteiger partial charge in [0.15, 0.2) is 5.76 Å². The molecule has 0 saturated heterocycles. The van der Waals surface area contributed by atoms with Crippen molar-refractivity contribution in [2.24, 2.45) is 0 Å². The summed E-state index contributed by atoms with van der Waals surface area (Å²) in [5.41, 5.74) is 2.12. The van der Waals surface area contributed by atoms with Crippen molar-refractivity contribution < 1.29 is 18.9 Å². The Labute approximate surface area is 182 Å². The number of nitrogens with one attached hydrogen (secondary N) is 2. The number of nitrogens with zero attached hydrogens (tertiary/aromatic N) is 1. The number of carbonyl (C=O) groups excluding carboxylic acids is 2. The van der Waals surface area contributed by atoms with Gasteiger partial charge in [-0.25, -0.2) is 0 Å². The smallest absolute Gasteiger partial charge is 0.291 e. The van der Waals surface area contributed by atoms with Crippen molar-refractivity contribution in [3.63, 3.8) is 0 Å². The van der Waals surface area contributed by atoms with Gasteiger partial charge in [0.25, 0.3) is 17.5 Å². The highest BCUT2D eigenvalue weighted by Crippen LogP contribution is 2.25. The standard InChI is InChI=1S/C24H17N3O5/c28-23(17-5-2-1-3-6-17)25-18-7-4-8-19(15-18)26-24(29)22-14-13-21(32-22)16-9-11-20(12-10-16)27(30)31/h1-15H,(H,25,28)(H,26,29). The highest BCUT2D eigenvalue weighted by Gasteiger charge is 2.14. The van der Waals surface area contributed by atoms with Gasteiger partial charge in [0.1, 0.15) is 5.76 Å². The summed E-state index contributed by atoms with van der Waals surface area (Å²) in [6.07, 6.45) is 0. The SMILES string of the molecule is O=C(Nc1cccc(NC(=O)c2ccc(-c3ccc([N+](=O)[O-])cc3)o2)c1)c1ccccc1. The van der Waals surface area contributed by atoms with E-state index in [4.69, 9.17) is 4.42 Å². The largest absolute Gasteiger partial charge is 0.451 e. The zero-order valence-corrected chi connectivity index (χ0v) is 16.6. The molecule has 3 aromatic carbocycles. The van der Waals surface area contributed by atoms with Crippen molar-refractivity contribution in [2.75, 3.05) is 10.6 Å². The van der Waals surface area contributed by atoms with Crippen LogP contribution in [0.1, 0.15) is 20.9 Å². The van der Waals surface area contributed by atoms with E-state index in [1.807, 2.05) is 6.07 Å². The van der Waals surface area contributed by atoms with Crippen LogP contribution in [0.15, 0.2) is 95.4 Å². The van der Waals surface area contributed by atoms with Crippen molar-refractivity contribution in [1.29, 1.82) is 0 Å². The van der Waals surface area contributed by atoms with E-state index in [9.17, 15) is 19.7 Å². The molecule has 2 N–H and O–H groups in total. The van der Waals surface area contributed by atoms with Gasteiger partial charge in [0, 0.05) is 34.6 Å². The Kier molecular flexibility index (Phi) is 5.76. The summed E-state index contributed by atoms with van der Waals surface area (Å²) in [4.78, 5) is 35.2. The Hall–Kier alpha value is -4.72. The van der Waals surface area contributed by atoms with Gasteiger partial charge in [-0.1, -0.05) is 24.3 Å². The number of rotatable bonds is 6.